The van der Waals surface area contributed by atoms with Crippen LogP contribution in [0.4, 0.5) is 13.2 Å². The van der Waals surface area contributed by atoms with Crippen LogP contribution in [0.2, 0.25) is 5.02 Å². The number of nitrogens with two attached hydrogens (primary N) is 1. The van der Waals surface area contributed by atoms with Crippen molar-refractivity contribution in [2.45, 2.75) is 58.4 Å². The van der Waals surface area contributed by atoms with E-state index in [0.717, 1.165) is 0 Å². The molecule has 10 heteroatoms. The van der Waals surface area contributed by atoms with Crippen molar-refractivity contribution in [3.8, 4) is 11.1 Å². The smallest absolute Gasteiger partial charge is 0.386 e. The summed E-state index contributed by atoms with van der Waals surface area (Å²) in [6.07, 6.45) is -5.81. The summed E-state index contributed by atoms with van der Waals surface area (Å²) in [7, 11) is 0. The maximum absolute atomic E-state index is 13.7. The number of amides is 1. The first-order valence-corrected chi connectivity index (χ1v) is 13.4. The second-order valence-corrected chi connectivity index (χ2v) is 11.2. The van der Waals surface area contributed by atoms with Gasteiger partial charge in [-0.2, -0.15) is 13.2 Å². The van der Waals surface area contributed by atoms with Gasteiger partial charge in [-0.1, -0.05) is 47.1 Å². The molecule has 0 bridgehead atoms. The molecule has 1 amide bonds. The number of aromatic nitrogens is 2. The Balaban J connectivity index is 1.96. The number of halogens is 4. The number of carbonyl (C=O) groups is 1. The highest BCUT2D eigenvalue weighted by Gasteiger charge is 2.32. The molecule has 1 unspecified atom stereocenters. The van der Waals surface area contributed by atoms with Crippen molar-refractivity contribution in [2.24, 2.45) is 5.73 Å². The molecule has 0 spiro atoms. The highest BCUT2D eigenvalue weighted by molar-refractivity contribution is 6.31. The molecule has 214 valence electrons. The number of aliphatic hydroxyl groups is 1. The van der Waals surface area contributed by atoms with Crippen LogP contribution in [0.25, 0.3) is 32.9 Å². The van der Waals surface area contributed by atoms with Gasteiger partial charge in [0.05, 0.1) is 28.4 Å². The van der Waals surface area contributed by atoms with Crippen LogP contribution in [-0.4, -0.2) is 26.9 Å². The molecule has 5 aromatic rings. The van der Waals surface area contributed by atoms with Gasteiger partial charge < -0.3 is 19.9 Å². The quantitative estimate of drug-likeness (QED) is 0.203. The predicted octanol–water partition coefficient (Wildman–Crippen LogP) is 7.98. The van der Waals surface area contributed by atoms with Gasteiger partial charge in [-0.3, -0.25) is 4.79 Å². The van der Waals surface area contributed by atoms with E-state index in [1.54, 1.807) is 80.8 Å². The van der Waals surface area contributed by atoms with Crippen LogP contribution in [0, 0.1) is 13.8 Å². The topological polar surface area (TPSA) is 94.3 Å². The first-order chi connectivity index (χ1) is 19.2. The highest BCUT2D eigenvalue weighted by atomic mass is 35.5. The molecule has 0 aliphatic rings. The Bertz CT molecular complexity index is 1780. The first kappa shape index (κ1) is 28.7. The number of fused-ring (bicyclic) bond motifs is 3. The minimum Gasteiger partial charge on any atom is -0.386 e. The molecule has 2 aromatic heterocycles. The van der Waals surface area contributed by atoms with E-state index in [1.807, 2.05) is 6.07 Å². The minimum absolute atomic E-state index is 0.200. The van der Waals surface area contributed by atoms with E-state index in [-0.39, 0.29) is 12.0 Å². The zero-order valence-electron chi connectivity index (χ0n) is 22.9. The van der Waals surface area contributed by atoms with E-state index in [2.05, 4.69) is 5.16 Å². The second kappa shape index (κ2) is 10.2. The number of aryl methyl sites for hydroxylation is 2. The summed E-state index contributed by atoms with van der Waals surface area (Å²) in [5.41, 5.74) is 8.77. The average molecular weight is 584 g/mol. The Hall–Kier alpha value is -3.82. The van der Waals surface area contributed by atoms with Crippen LogP contribution in [0.15, 0.2) is 59.1 Å². The van der Waals surface area contributed by atoms with Crippen LogP contribution < -0.4 is 5.73 Å². The molecule has 3 N–H and O–H groups in total. The third-order valence-electron chi connectivity index (χ3n) is 7.47. The van der Waals surface area contributed by atoms with E-state index >= 15 is 0 Å². The molecule has 41 heavy (non-hydrogen) atoms. The molecule has 0 aliphatic carbocycles. The molecule has 0 saturated heterocycles. The number of primary amides is 1. The van der Waals surface area contributed by atoms with Crippen molar-refractivity contribution in [1.29, 1.82) is 0 Å². The van der Waals surface area contributed by atoms with E-state index in [4.69, 9.17) is 21.9 Å². The van der Waals surface area contributed by atoms with Crippen molar-refractivity contribution in [3.63, 3.8) is 0 Å². The number of hydrogen-bond acceptors (Lipinski definition) is 4. The molecule has 0 aliphatic heterocycles. The molecule has 1 atom stereocenters. The van der Waals surface area contributed by atoms with Crippen LogP contribution >= 0.6 is 11.6 Å². The fraction of sp³-hybridized carbons (Fsp3) is 0.290. The molecular weight excluding hydrogens is 555 g/mol. The van der Waals surface area contributed by atoms with Gasteiger partial charge in [-0.25, -0.2) is 0 Å². The Labute approximate surface area is 239 Å². The molecule has 2 heterocycles. The van der Waals surface area contributed by atoms with E-state index in [0.29, 0.717) is 60.5 Å². The van der Waals surface area contributed by atoms with Gasteiger partial charge in [0.1, 0.15) is 5.76 Å². The SMILES string of the molecule is Cc1noc(C)c1-c1cc(C(N)=O)c2c3ccc(C(C)(C)O)cc3n(C(CCC(F)(F)F)c3ccccc3Cl)c2c1. The number of nitrogens with zero attached hydrogens (tertiary/aromatic N) is 2. The molecule has 0 saturated carbocycles. The van der Waals surface area contributed by atoms with Crippen molar-refractivity contribution < 1.29 is 27.6 Å². The Morgan fingerprint density at radius 2 is 1.80 bits per heavy atom. The standard InChI is InChI=1S/C31H29ClF3N3O3/c1-16-27(17(2)41-37-16)18-13-22(29(36)39)28-21-10-9-19(30(3,4)40)15-25(21)38(26(28)14-18)24(11-12-31(33,34)35)20-7-5-6-8-23(20)32/h5-10,13-15,24,40H,11-12H2,1-4H3,(H2,36,39). The maximum atomic E-state index is 13.7. The Morgan fingerprint density at radius 3 is 2.39 bits per heavy atom. The summed E-state index contributed by atoms with van der Waals surface area (Å²) in [6.45, 7) is 6.76. The molecule has 6 nitrogen and oxygen atoms in total. The van der Waals surface area contributed by atoms with Gasteiger partial charge in [0, 0.05) is 33.3 Å². The van der Waals surface area contributed by atoms with Crippen molar-refractivity contribution in [3.05, 3.63) is 87.8 Å². The van der Waals surface area contributed by atoms with Gasteiger partial charge in [-0.15, -0.1) is 0 Å². The number of hydrogen-bond donors (Lipinski definition) is 2. The van der Waals surface area contributed by atoms with Gasteiger partial charge in [0.15, 0.2) is 0 Å². The molecule has 3 aromatic carbocycles. The van der Waals surface area contributed by atoms with Crippen LogP contribution in [0.3, 0.4) is 0 Å². The normalized spacial score (nSPS) is 13.3. The average Bonchev–Trinajstić information content (AvgIpc) is 3.39. The third-order valence-corrected chi connectivity index (χ3v) is 7.82. The van der Waals surface area contributed by atoms with Crippen LogP contribution in [-0.2, 0) is 5.60 Å². The van der Waals surface area contributed by atoms with Gasteiger partial charge in [0.25, 0.3) is 0 Å². The number of benzene rings is 3. The Kier molecular flexibility index (Phi) is 7.16. The lowest BCUT2D eigenvalue weighted by atomic mass is 9.95. The highest BCUT2D eigenvalue weighted by Crippen LogP contribution is 2.43. The maximum Gasteiger partial charge on any atom is 0.389 e. The molecule has 5 rings (SSSR count). The fourth-order valence-corrected chi connectivity index (χ4v) is 5.85. The van der Waals surface area contributed by atoms with Crippen LogP contribution in [0.1, 0.15) is 65.7 Å². The number of rotatable bonds is 7. The van der Waals surface area contributed by atoms with E-state index in [9.17, 15) is 23.1 Å². The lowest BCUT2D eigenvalue weighted by Crippen LogP contribution is -2.18. The summed E-state index contributed by atoms with van der Waals surface area (Å²) in [6, 6.07) is 14.6. The monoisotopic (exact) mass is 583 g/mol. The van der Waals surface area contributed by atoms with Gasteiger partial charge in [-0.05, 0) is 75.1 Å². The predicted molar refractivity (Wildman–Crippen MR) is 153 cm³/mol. The van der Waals surface area contributed by atoms with Gasteiger partial charge in [0.2, 0.25) is 5.91 Å². The fourth-order valence-electron chi connectivity index (χ4n) is 5.59. The zero-order chi connectivity index (χ0) is 29.9. The van der Waals surface area contributed by atoms with Crippen molar-refractivity contribution in [1.82, 2.24) is 9.72 Å². The molecule has 0 fully saturated rings. The molecular formula is C31H29ClF3N3O3. The van der Waals surface area contributed by atoms with Crippen molar-refractivity contribution >= 4 is 39.3 Å². The summed E-state index contributed by atoms with van der Waals surface area (Å²) in [4.78, 5) is 12.9. The molecule has 0 radical (unpaired) electrons. The summed E-state index contributed by atoms with van der Waals surface area (Å²) >= 11 is 6.60. The second-order valence-electron chi connectivity index (χ2n) is 10.8. The zero-order valence-corrected chi connectivity index (χ0v) is 23.7. The third kappa shape index (κ3) is 5.31. The lowest BCUT2D eigenvalue weighted by Gasteiger charge is -2.25. The van der Waals surface area contributed by atoms with E-state index < -0.39 is 30.1 Å². The van der Waals surface area contributed by atoms with Crippen molar-refractivity contribution in [2.75, 3.05) is 0 Å². The minimum atomic E-state index is -4.42. The lowest BCUT2D eigenvalue weighted by molar-refractivity contribution is -0.136. The number of alkyl halides is 3. The van der Waals surface area contributed by atoms with E-state index in [1.165, 1.54) is 0 Å². The first-order valence-electron chi connectivity index (χ1n) is 13.1. The van der Waals surface area contributed by atoms with Gasteiger partial charge >= 0.3 is 6.18 Å². The number of carbonyl (C=O) groups excluding carboxylic acids is 1. The van der Waals surface area contributed by atoms with Crippen LogP contribution in [0.5, 0.6) is 0 Å². The summed E-state index contributed by atoms with van der Waals surface area (Å²) < 4.78 is 48.2. The summed E-state index contributed by atoms with van der Waals surface area (Å²) in [5.74, 6) is -0.178. The largest absolute Gasteiger partial charge is 0.389 e. The summed E-state index contributed by atoms with van der Waals surface area (Å²) in [5, 5.41) is 16.3. The Morgan fingerprint density at radius 1 is 1.10 bits per heavy atom.